The highest BCUT2D eigenvalue weighted by Crippen LogP contribution is 2.28. The number of hydrazone groups is 1. The molecule has 0 fully saturated rings. The van der Waals surface area contributed by atoms with Gasteiger partial charge in [-0.15, -0.1) is 0 Å². The van der Waals surface area contributed by atoms with Gasteiger partial charge in [-0.3, -0.25) is 10.1 Å². The molecular weight excluding hydrogens is 410 g/mol. The average molecular weight is 428 g/mol. The predicted octanol–water partition coefficient (Wildman–Crippen LogP) is 3.36. The molecule has 9 nitrogen and oxygen atoms in total. The summed E-state index contributed by atoms with van der Waals surface area (Å²) < 4.78 is 35.2. The lowest BCUT2D eigenvalue weighted by Crippen LogP contribution is -2.19. The largest absolute Gasteiger partial charge is 0.495 e. The average Bonchev–Trinajstić information content (AvgIpc) is 2.66. The fourth-order valence-electron chi connectivity index (χ4n) is 2.17. The highest BCUT2D eigenvalue weighted by molar-refractivity contribution is 7.89. The Morgan fingerprint density at radius 1 is 1.25 bits per heavy atom. The molecule has 0 aliphatic heterocycles. The number of hydrogen-bond donors (Lipinski definition) is 1. The molecule has 0 heterocycles. The van der Waals surface area contributed by atoms with Crippen LogP contribution in [0.5, 0.6) is 11.5 Å². The molecule has 0 aromatic heterocycles. The van der Waals surface area contributed by atoms with Gasteiger partial charge in [0.2, 0.25) is 0 Å². The fourth-order valence-corrected chi connectivity index (χ4v) is 3.40. The van der Waals surface area contributed by atoms with Crippen molar-refractivity contribution in [1.82, 2.24) is 4.83 Å². The first-order chi connectivity index (χ1) is 13.3. The summed E-state index contributed by atoms with van der Waals surface area (Å²) in [6.07, 6.45) is 1.85. The van der Waals surface area contributed by atoms with Gasteiger partial charge in [-0.05, 0) is 36.8 Å². The van der Waals surface area contributed by atoms with Crippen molar-refractivity contribution in [3.8, 4) is 11.5 Å². The first-order valence-electron chi connectivity index (χ1n) is 8.08. The van der Waals surface area contributed by atoms with E-state index in [-0.39, 0.29) is 27.1 Å². The molecule has 2 rings (SSSR count). The van der Waals surface area contributed by atoms with Crippen LogP contribution in [0.3, 0.4) is 0 Å². The smallest absolute Gasteiger partial charge is 0.311 e. The number of ether oxygens (including phenoxy) is 2. The zero-order chi connectivity index (χ0) is 20.7. The van der Waals surface area contributed by atoms with Crippen LogP contribution in [0.15, 0.2) is 46.4 Å². The second-order valence-electron chi connectivity index (χ2n) is 5.48. The second-order valence-corrected chi connectivity index (χ2v) is 7.55. The molecule has 2 aromatic carbocycles. The molecule has 11 heteroatoms. The Morgan fingerprint density at radius 2 is 1.96 bits per heavy atom. The lowest BCUT2D eigenvalue weighted by atomic mass is 10.2. The van der Waals surface area contributed by atoms with Crippen LogP contribution in [0.1, 0.15) is 18.9 Å². The van der Waals surface area contributed by atoms with E-state index in [1.807, 2.05) is 11.8 Å². The molecule has 0 amide bonds. The zero-order valence-corrected chi connectivity index (χ0v) is 16.7. The van der Waals surface area contributed by atoms with Crippen molar-refractivity contribution in [1.29, 1.82) is 0 Å². The van der Waals surface area contributed by atoms with Gasteiger partial charge < -0.3 is 9.47 Å². The summed E-state index contributed by atoms with van der Waals surface area (Å²) in [4.78, 5) is 12.5. The number of halogens is 1. The third-order valence-corrected chi connectivity index (χ3v) is 4.92. The van der Waals surface area contributed by atoms with Crippen molar-refractivity contribution in [3.05, 3.63) is 57.1 Å². The standard InChI is InChI=1S/C17H18ClN3O6S/c1-3-8-27-15-6-4-12(9-14(15)21(22)23)11-19-20-28(24,25)17-10-13(18)5-7-16(17)26-2/h4-7,9-11,20H,3,8H2,1-2H3/b19-11+. The molecule has 1 N–H and O–H groups in total. The van der Waals surface area contributed by atoms with E-state index in [1.165, 1.54) is 43.5 Å². The fraction of sp³-hybridized carbons (Fsp3) is 0.235. The Hall–Kier alpha value is -2.85. The lowest BCUT2D eigenvalue weighted by molar-refractivity contribution is -0.385. The summed E-state index contributed by atoms with van der Waals surface area (Å²) in [6.45, 7) is 2.23. The number of nitrogens with zero attached hydrogens (tertiary/aromatic N) is 2. The topological polar surface area (TPSA) is 120 Å². The van der Waals surface area contributed by atoms with E-state index in [0.717, 1.165) is 6.21 Å². The molecule has 0 aliphatic rings. The van der Waals surface area contributed by atoms with Crippen LogP contribution in [0.25, 0.3) is 0 Å². The van der Waals surface area contributed by atoms with Crippen LogP contribution in [-0.2, 0) is 10.0 Å². The van der Waals surface area contributed by atoms with Gasteiger partial charge >= 0.3 is 5.69 Å². The number of sulfonamides is 1. The Kier molecular flexibility index (Phi) is 7.18. The number of nitrogens with one attached hydrogen (secondary N) is 1. The van der Waals surface area contributed by atoms with Crippen LogP contribution >= 0.6 is 11.6 Å². The Labute approximate surface area is 167 Å². The minimum Gasteiger partial charge on any atom is -0.495 e. The van der Waals surface area contributed by atoms with Gasteiger partial charge in [0.25, 0.3) is 10.0 Å². The first kappa shape index (κ1) is 21.5. The van der Waals surface area contributed by atoms with Gasteiger partial charge in [-0.1, -0.05) is 18.5 Å². The number of nitro groups is 1. The Balaban J connectivity index is 2.23. The minimum atomic E-state index is -4.06. The molecule has 0 saturated carbocycles. The molecule has 0 atom stereocenters. The van der Waals surface area contributed by atoms with Crippen LogP contribution in [-0.4, -0.2) is 33.3 Å². The van der Waals surface area contributed by atoms with Gasteiger partial charge in [0.1, 0.15) is 10.6 Å². The Bertz CT molecular complexity index is 994. The SMILES string of the molecule is CCCOc1ccc(/C=N/NS(=O)(=O)c2cc(Cl)ccc2OC)cc1[N+](=O)[O-]. The molecule has 150 valence electrons. The van der Waals surface area contributed by atoms with Crippen molar-refractivity contribution >= 4 is 33.5 Å². The molecule has 0 bridgehead atoms. The molecule has 0 spiro atoms. The van der Waals surface area contributed by atoms with Crippen molar-refractivity contribution < 1.29 is 22.8 Å². The maximum atomic E-state index is 12.4. The van der Waals surface area contributed by atoms with E-state index >= 15 is 0 Å². The molecular formula is C17H18ClN3O6S. The van der Waals surface area contributed by atoms with Crippen molar-refractivity contribution in [2.45, 2.75) is 18.2 Å². The van der Waals surface area contributed by atoms with Crippen LogP contribution in [0, 0.1) is 10.1 Å². The van der Waals surface area contributed by atoms with E-state index in [1.54, 1.807) is 0 Å². The monoisotopic (exact) mass is 427 g/mol. The lowest BCUT2D eigenvalue weighted by Gasteiger charge is -2.09. The summed E-state index contributed by atoms with van der Waals surface area (Å²) in [5.74, 6) is 0.230. The van der Waals surface area contributed by atoms with Crippen LogP contribution in [0.2, 0.25) is 5.02 Å². The number of nitro benzene ring substituents is 1. The van der Waals surface area contributed by atoms with Gasteiger partial charge in [0, 0.05) is 16.7 Å². The molecule has 0 unspecified atom stereocenters. The van der Waals surface area contributed by atoms with Crippen molar-refractivity contribution in [2.75, 3.05) is 13.7 Å². The number of methoxy groups -OCH3 is 1. The summed E-state index contributed by atoms with van der Waals surface area (Å²) in [5, 5.41) is 15.1. The summed E-state index contributed by atoms with van der Waals surface area (Å²) in [5.41, 5.74) is 0.0769. The Morgan fingerprint density at radius 3 is 2.61 bits per heavy atom. The van der Waals surface area contributed by atoms with Gasteiger partial charge in [0.15, 0.2) is 5.75 Å². The quantitative estimate of drug-likeness (QED) is 0.372. The molecule has 0 radical (unpaired) electrons. The van der Waals surface area contributed by atoms with Crippen molar-refractivity contribution in [2.24, 2.45) is 5.10 Å². The zero-order valence-electron chi connectivity index (χ0n) is 15.1. The molecule has 28 heavy (non-hydrogen) atoms. The van der Waals surface area contributed by atoms with Crippen LogP contribution < -0.4 is 14.3 Å². The first-order valence-corrected chi connectivity index (χ1v) is 9.94. The molecule has 0 saturated heterocycles. The second kappa shape index (κ2) is 9.38. The van der Waals surface area contributed by atoms with E-state index in [0.29, 0.717) is 18.6 Å². The van der Waals surface area contributed by atoms with Gasteiger partial charge in [-0.2, -0.15) is 18.4 Å². The predicted molar refractivity (Wildman–Crippen MR) is 105 cm³/mol. The third kappa shape index (κ3) is 5.33. The summed E-state index contributed by atoms with van der Waals surface area (Å²) >= 11 is 5.85. The van der Waals surface area contributed by atoms with E-state index < -0.39 is 14.9 Å². The maximum Gasteiger partial charge on any atom is 0.311 e. The van der Waals surface area contributed by atoms with Gasteiger partial charge in [-0.25, -0.2) is 0 Å². The van der Waals surface area contributed by atoms with Crippen molar-refractivity contribution in [3.63, 3.8) is 0 Å². The molecule has 0 aliphatic carbocycles. The normalized spacial score (nSPS) is 11.4. The highest BCUT2D eigenvalue weighted by Gasteiger charge is 2.20. The number of hydrogen-bond acceptors (Lipinski definition) is 7. The number of rotatable bonds is 9. The summed E-state index contributed by atoms with van der Waals surface area (Å²) in [7, 11) is -2.73. The maximum absolute atomic E-state index is 12.4. The van der Waals surface area contributed by atoms with E-state index in [2.05, 4.69) is 5.10 Å². The molecule has 2 aromatic rings. The van der Waals surface area contributed by atoms with E-state index in [9.17, 15) is 18.5 Å². The van der Waals surface area contributed by atoms with Gasteiger partial charge in [0.05, 0.1) is 24.9 Å². The van der Waals surface area contributed by atoms with E-state index in [4.69, 9.17) is 21.1 Å². The minimum absolute atomic E-state index is 0.0974. The van der Waals surface area contributed by atoms with Crippen LogP contribution in [0.4, 0.5) is 5.69 Å². The highest BCUT2D eigenvalue weighted by atomic mass is 35.5. The number of benzene rings is 2. The summed E-state index contributed by atoms with van der Waals surface area (Å²) in [6, 6.07) is 8.33. The third-order valence-electron chi connectivity index (χ3n) is 3.44.